The van der Waals surface area contributed by atoms with Crippen LogP contribution in [-0.2, 0) is 0 Å². The van der Waals surface area contributed by atoms with E-state index in [-0.39, 0.29) is 11.5 Å². The smallest absolute Gasteiger partial charge is 0.352 e. The van der Waals surface area contributed by atoms with Gasteiger partial charge in [0.1, 0.15) is 5.69 Å². The average Bonchev–Trinajstić information content (AvgIpc) is 2.70. The lowest BCUT2D eigenvalue weighted by atomic mass is 9.93. The molecule has 1 saturated carbocycles. The standard InChI is InChI=1S/C14H19NO3/c16-13(7-10-5-3-1-2-4-6-10)11-8-12(14(17)18)15-9-11/h8-10,15H,1-7H2,(H,17,18). The predicted octanol–water partition coefficient (Wildman–Crippen LogP) is 3.26. The van der Waals surface area contributed by atoms with Crippen molar-refractivity contribution in [1.82, 2.24) is 4.98 Å². The molecule has 1 fully saturated rings. The number of hydrogen-bond acceptors (Lipinski definition) is 2. The first kappa shape index (κ1) is 12.9. The number of carbonyl (C=O) groups is 2. The van der Waals surface area contributed by atoms with Crippen molar-refractivity contribution in [2.75, 3.05) is 0 Å². The van der Waals surface area contributed by atoms with E-state index in [2.05, 4.69) is 4.98 Å². The van der Waals surface area contributed by atoms with Crippen molar-refractivity contribution < 1.29 is 14.7 Å². The molecule has 98 valence electrons. The average molecular weight is 249 g/mol. The molecular weight excluding hydrogens is 230 g/mol. The molecule has 4 heteroatoms. The Morgan fingerprint density at radius 1 is 1.22 bits per heavy atom. The molecule has 0 saturated heterocycles. The zero-order valence-corrected chi connectivity index (χ0v) is 10.4. The van der Waals surface area contributed by atoms with E-state index in [0.29, 0.717) is 17.9 Å². The third-order valence-corrected chi connectivity index (χ3v) is 3.68. The van der Waals surface area contributed by atoms with Crippen LogP contribution in [0.2, 0.25) is 0 Å². The van der Waals surface area contributed by atoms with E-state index in [1.807, 2.05) is 0 Å². The van der Waals surface area contributed by atoms with E-state index in [4.69, 9.17) is 5.11 Å². The van der Waals surface area contributed by atoms with Gasteiger partial charge in [-0.05, 0) is 12.0 Å². The van der Waals surface area contributed by atoms with E-state index in [9.17, 15) is 9.59 Å². The molecule has 0 aromatic carbocycles. The Balaban J connectivity index is 1.95. The molecule has 2 N–H and O–H groups in total. The lowest BCUT2D eigenvalue weighted by molar-refractivity contribution is 0.0691. The Morgan fingerprint density at radius 3 is 2.44 bits per heavy atom. The molecule has 4 nitrogen and oxygen atoms in total. The number of aromatic nitrogens is 1. The monoisotopic (exact) mass is 249 g/mol. The summed E-state index contributed by atoms with van der Waals surface area (Å²) in [5, 5.41) is 8.80. The molecular formula is C14H19NO3. The SMILES string of the molecule is O=C(CC1CCCCCC1)c1c[nH]c(C(=O)O)c1. The third-order valence-electron chi connectivity index (χ3n) is 3.68. The summed E-state index contributed by atoms with van der Waals surface area (Å²) in [6, 6.07) is 1.43. The molecule has 0 atom stereocenters. The van der Waals surface area contributed by atoms with Crippen molar-refractivity contribution in [2.45, 2.75) is 44.9 Å². The number of carboxylic acids is 1. The summed E-state index contributed by atoms with van der Waals surface area (Å²) in [5.41, 5.74) is 0.580. The number of hydrogen-bond donors (Lipinski definition) is 2. The van der Waals surface area contributed by atoms with Gasteiger partial charge >= 0.3 is 5.97 Å². The molecule has 1 aliphatic rings. The van der Waals surface area contributed by atoms with Crippen molar-refractivity contribution in [3.63, 3.8) is 0 Å². The number of ketones is 1. The van der Waals surface area contributed by atoms with E-state index in [0.717, 1.165) is 12.8 Å². The summed E-state index contributed by atoms with van der Waals surface area (Å²) in [6.45, 7) is 0. The van der Waals surface area contributed by atoms with Crippen molar-refractivity contribution in [2.24, 2.45) is 5.92 Å². The van der Waals surface area contributed by atoms with Crippen LogP contribution < -0.4 is 0 Å². The molecule has 0 bridgehead atoms. The molecule has 0 radical (unpaired) electrons. The second kappa shape index (κ2) is 5.85. The van der Waals surface area contributed by atoms with E-state index < -0.39 is 5.97 Å². The summed E-state index contributed by atoms with van der Waals surface area (Å²) in [4.78, 5) is 25.4. The molecule has 1 aromatic heterocycles. The van der Waals surface area contributed by atoms with Crippen LogP contribution in [0.4, 0.5) is 0 Å². The Labute approximate surface area is 106 Å². The number of rotatable bonds is 4. The molecule has 0 spiro atoms. The summed E-state index contributed by atoms with van der Waals surface area (Å²) >= 11 is 0. The highest BCUT2D eigenvalue weighted by Gasteiger charge is 2.18. The van der Waals surface area contributed by atoms with Gasteiger partial charge < -0.3 is 10.1 Å². The first-order chi connectivity index (χ1) is 8.66. The Hall–Kier alpha value is -1.58. The van der Waals surface area contributed by atoms with Crippen LogP contribution in [0.3, 0.4) is 0 Å². The van der Waals surface area contributed by atoms with Gasteiger partial charge in [-0.2, -0.15) is 0 Å². The fourth-order valence-corrected chi connectivity index (χ4v) is 2.63. The lowest BCUT2D eigenvalue weighted by Gasteiger charge is -2.11. The molecule has 1 aromatic rings. The van der Waals surface area contributed by atoms with Gasteiger partial charge in [0, 0.05) is 18.2 Å². The molecule has 18 heavy (non-hydrogen) atoms. The van der Waals surface area contributed by atoms with Gasteiger partial charge in [-0.25, -0.2) is 4.79 Å². The van der Waals surface area contributed by atoms with Crippen LogP contribution in [0.1, 0.15) is 65.8 Å². The van der Waals surface area contributed by atoms with Crippen LogP contribution in [0.25, 0.3) is 0 Å². The van der Waals surface area contributed by atoms with E-state index in [1.165, 1.54) is 37.9 Å². The molecule has 2 rings (SSSR count). The van der Waals surface area contributed by atoms with Crippen LogP contribution in [0.15, 0.2) is 12.3 Å². The number of H-pyrrole nitrogens is 1. The highest BCUT2D eigenvalue weighted by molar-refractivity contribution is 5.98. The Kier molecular flexibility index (Phi) is 4.18. The highest BCUT2D eigenvalue weighted by atomic mass is 16.4. The maximum absolute atomic E-state index is 12.0. The minimum Gasteiger partial charge on any atom is -0.477 e. The van der Waals surface area contributed by atoms with Crippen LogP contribution in [0.5, 0.6) is 0 Å². The largest absolute Gasteiger partial charge is 0.477 e. The van der Waals surface area contributed by atoms with E-state index >= 15 is 0 Å². The molecule has 1 heterocycles. The number of aromatic amines is 1. The normalized spacial score (nSPS) is 17.3. The van der Waals surface area contributed by atoms with Gasteiger partial charge in [-0.1, -0.05) is 38.5 Å². The first-order valence-corrected chi connectivity index (χ1v) is 6.61. The Morgan fingerprint density at radius 2 is 1.89 bits per heavy atom. The summed E-state index contributed by atoms with van der Waals surface area (Å²) in [6.07, 6.45) is 9.29. The van der Waals surface area contributed by atoms with Crippen molar-refractivity contribution >= 4 is 11.8 Å². The fourth-order valence-electron chi connectivity index (χ4n) is 2.63. The number of Topliss-reactive ketones (excluding diaryl/α,β-unsaturated/α-hetero) is 1. The maximum atomic E-state index is 12.0. The maximum Gasteiger partial charge on any atom is 0.352 e. The van der Waals surface area contributed by atoms with Crippen LogP contribution >= 0.6 is 0 Å². The first-order valence-electron chi connectivity index (χ1n) is 6.61. The van der Waals surface area contributed by atoms with Gasteiger partial charge in [0.2, 0.25) is 0 Å². The topological polar surface area (TPSA) is 70.2 Å². The van der Waals surface area contributed by atoms with Gasteiger partial charge in [0.15, 0.2) is 5.78 Å². The fraction of sp³-hybridized carbons (Fsp3) is 0.571. The van der Waals surface area contributed by atoms with Gasteiger partial charge in [-0.3, -0.25) is 4.79 Å². The van der Waals surface area contributed by atoms with Crippen LogP contribution in [0, 0.1) is 5.92 Å². The van der Waals surface area contributed by atoms with E-state index in [1.54, 1.807) is 0 Å². The lowest BCUT2D eigenvalue weighted by Crippen LogP contribution is -2.07. The predicted molar refractivity (Wildman–Crippen MR) is 67.9 cm³/mol. The van der Waals surface area contributed by atoms with Crippen LogP contribution in [-0.4, -0.2) is 21.8 Å². The minimum absolute atomic E-state index is 0.0608. The number of nitrogens with one attached hydrogen (secondary N) is 1. The summed E-state index contributed by atoms with van der Waals surface area (Å²) in [7, 11) is 0. The summed E-state index contributed by atoms with van der Waals surface area (Å²) in [5.74, 6) is -0.489. The Bertz CT molecular complexity index is 428. The van der Waals surface area contributed by atoms with Gasteiger partial charge in [0.05, 0.1) is 0 Å². The molecule has 0 unspecified atom stereocenters. The van der Waals surface area contributed by atoms with Gasteiger partial charge in [-0.15, -0.1) is 0 Å². The molecule has 0 amide bonds. The zero-order valence-electron chi connectivity index (χ0n) is 10.4. The second-order valence-corrected chi connectivity index (χ2v) is 5.09. The number of aromatic carboxylic acids is 1. The quantitative estimate of drug-likeness (QED) is 0.635. The third kappa shape index (κ3) is 3.22. The van der Waals surface area contributed by atoms with Crippen molar-refractivity contribution in [3.8, 4) is 0 Å². The number of carboxylic acid groups (broad SMARTS) is 1. The minimum atomic E-state index is -1.02. The summed E-state index contributed by atoms with van der Waals surface area (Å²) < 4.78 is 0. The highest BCUT2D eigenvalue weighted by Crippen LogP contribution is 2.26. The zero-order chi connectivity index (χ0) is 13.0. The molecule has 0 aliphatic heterocycles. The second-order valence-electron chi connectivity index (χ2n) is 5.09. The van der Waals surface area contributed by atoms with Crippen molar-refractivity contribution in [3.05, 3.63) is 23.5 Å². The van der Waals surface area contributed by atoms with Crippen molar-refractivity contribution in [1.29, 1.82) is 0 Å². The molecule has 1 aliphatic carbocycles. The van der Waals surface area contributed by atoms with Gasteiger partial charge in [0.25, 0.3) is 0 Å². The number of carbonyl (C=O) groups excluding carboxylic acids is 1.